The molecule has 2 saturated heterocycles. The lowest BCUT2D eigenvalue weighted by Crippen LogP contribution is -2.60. The van der Waals surface area contributed by atoms with Crippen molar-refractivity contribution < 1.29 is 28.8 Å². The molecule has 6 atom stereocenters. The van der Waals surface area contributed by atoms with E-state index < -0.39 is 40.7 Å². The van der Waals surface area contributed by atoms with Gasteiger partial charge in [-0.15, -0.1) is 0 Å². The fourth-order valence-electron chi connectivity index (χ4n) is 12.7. The van der Waals surface area contributed by atoms with Crippen LogP contribution in [0, 0.1) is 45.3 Å². The first-order valence-electron chi connectivity index (χ1n) is 22.8. The first kappa shape index (κ1) is 43.2. The van der Waals surface area contributed by atoms with Crippen LogP contribution in [0.5, 0.6) is 0 Å². The van der Waals surface area contributed by atoms with Crippen molar-refractivity contribution in [1.82, 2.24) is 15.1 Å². The molecule has 56 heavy (non-hydrogen) atoms. The molecule has 0 aromatic carbocycles. The van der Waals surface area contributed by atoms with E-state index >= 15 is 4.79 Å². The van der Waals surface area contributed by atoms with E-state index in [0.29, 0.717) is 31.7 Å². The smallest absolute Gasteiger partial charge is 0.240 e. The van der Waals surface area contributed by atoms with Gasteiger partial charge in [0.2, 0.25) is 17.6 Å². The second-order valence-electron chi connectivity index (χ2n) is 21.5. The molecule has 9 heteroatoms. The Morgan fingerprint density at radius 1 is 0.821 bits per heavy atom. The van der Waals surface area contributed by atoms with Crippen LogP contribution in [0.15, 0.2) is 0 Å². The molecule has 0 aromatic heterocycles. The molecular formula is C47H75N3O6. The fraction of sp³-hybridized carbons (Fsp3) is 0.872. The van der Waals surface area contributed by atoms with Crippen LogP contribution in [0.25, 0.3) is 0 Å². The predicted octanol–water partition coefficient (Wildman–Crippen LogP) is 8.05. The molecule has 1 unspecified atom stereocenters. The lowest BCUT2D eigenvalue weighted by atomic mass is 9.73. The highest BCUT2D eigenvalue weighted by atomic mass is 16.2. The Kier molecular flexibility index (Phi) is 12.3. The maximum absolute atomic E-state index is 15.3. The van der Waals surface area contributed by atoms with Gasteiger partial charge in [0.15, 0.2) is 17.3 Å². The summed E-state index contributed by atoms with van der Waals surface area (Å²) < 4.78 is 0. The van der Waals surface area contributed by atoms with Crippen molar-refractivity contribution in [3.63, 3.8) is 0 Å². The van der Waals surface area contributed by atoms with Crippen molar-refractivity contribution in [1.29, 1.82) is 0 Å². The van der Waals surface area contributed by atoms with E-state index in [1.807, 2.05) is 39.5 Å². The molecule has 6 rings (SSSR count). The molecule has 2 amide bonds. The van der Waals surface area contributed by atoms with Crippen LogP contribution in [-0.4, -0.2) is 81.5 Å². The van der Waals surface area contributed by atoms with Gasteiger partial charge in [0.25, 0.3) is 0 Å². The largest absolute Gasteiger partial charge is 0.344 e. The number of Topliss-reactive ketones (excluding diaryl/α,β-unsaturated/α-hetero) is 4. The molecule has 4 saturated carbocycles. The summed E-state index contributed by atoms with van der Waals surface area (Å²) in [6.45, 7) is 20.2. The lowest BCUT2D eigenvalue weighted by Gasteiger charge is -2.40. The fourth-order valence-corrected chi connectivity index (χ4v) is 12.7. The van der Waals surface area contributed by atoms with Crippen LogP contribution in [0.1, 0.15) is 178 Å². The molecule has 1 N–H and O–H groups in total. The minimum absolute atomic E-state index is 0.0000502. The summed E-state index contributed by atoms with van der Waals surface area (Å²) >= 11 is 0. The Hall–Kier alpha value is -2.42. The zero-order valence-electron chi connectivity index (χ0n) is 36.5. The molecule has 0 radical (unpaired) electrons. The Balaban J connectivity index is 1.27. The summed E-state index contributed by atoms with van der Waals surface area (Å²) in [4.78, 5) is 89.5. The third-order valence-corrected chi connectivity index (χ3v) is 16.7. The van der Waals surface area contributed by atoms with E-state index in [4.69, 9.17) is 0 Å². The maximum Gasteiger partial charge on any atom is 0.240 e. The van der Waals surface area contributed by atoms with E-state index in [0.717, 1.165) is 83.6 Å². The average molecular weight is 778 g/mol. The van der Waals surface area contributed by atoms with Gasteiger partial charge >= 0.3 is 0 Å². The number of hydrogen-bond acceptors (Lipinski definition) is 7. The topological polar surface area (TPSA) is 121 Å². The summed E-state index contributed by atoms with van der Waals surface area (Å²) in [6.07, 6.45) is 13.9. The summed E-state index contributed by atoms with van der Waals surface area (Å²) in [5.41, 5.74) is -1.41. The minimum atomic E-state index is -0.690. The Labute approximate surface area is 338 Å². The molecule has 2 heterocycles. The second-order valence-corrected chi connectivity index (χ2v) is 21.5. The first-order chi connectivity index (χ1) is 26.2. The Bertz CT molecular complexity index is 1550. The number of ketones is 4. The number of fused-ring (bicyclic) bond motifs is 1. The number of carbonyl (C=O) groups is 6. The molecule has 4 aliphatic carbocycles. The highest BCUT2D eigenvalue weighted by Crippen LogP contribution is 2.88. The Morgan fingerprint density at radius 2 is 1.48 bits per heavy atom. The first-order valence-corrected chi connectivity index (χ1v) is 22.8. The highest BCUT2D eigenvalue weighted by molar-refractivity contribution is 6.38. The predicted molar refractivity (Wildman–Crippen MR) is 219 cm³/mol. The number of carbonyl (C=O) groups excluding carboxylic acids is 6. The number of hydrogen-bond donors (Lipinski definition) is 1. The van der Waals surface area contributed by atoms with Gasteiger partial charge < -0.3 is 10.2 Å². The van der Waals surface area contributed by atoms with E-state index in [9.17, 15) is 24.0 Å². The third-order valence-electron chi connectivity index (χ3n) is 16.7. The van der Waals surface area contributed by atoms with Crippen molar-refractivity contribution in [2.24, 2.45) is 45.3 Å². The van der Waals surface area contributed by atoms with Crippen molar-refractivity contribution >= 4 is 34.9 Å². The lowest BCUT2D eigenvalue weighted by molar-refractivity contribution is -0.147. The molecule has 0 aromatic rings. The maximum atomic E-state index is 15.3. The number of rotatable bonds is 17. The molecule has 2 aliphatic heterocycles. The Morgan fingerprint density at radius 3 is 2.02 bits per heavy atom. The normalized spacial score (nSPS) is 30.2. The molecule has 6 fully saturated rings. The SMILES string of the molecule is CCCC(CC(=O)[C@@H]1C[C@@]2(CN1C(=O)[C@@H](CC(=O)[C@@H](NC(=O)[C@]1(C)CCCN1C(C)C)C1CCCCC1)C(C)(C)C)C(C)(C)C21CCC1)C(=O)C(=O)CC1CC1. The van der Waals surface area contributed by atoms with Gasteiger partial charge in [-0.25, -0.2) is 0 Å². The van der Waals surface area contributed by atoms with Crippen LogP contribution in [0.2, 0.25) is 0 Å². The van der Waals surface area contributed by atoms with Gasteiger partial charge in [0.05, 0.1) is 17.6 Å². The van der Waals surface area contributed by atoms with Crippen LogP contribution >= 0.6 is 0 Å². The molecule has 9 nitrogen and oxygen atoms in total. The third kappa shape index (κ3) is 7.62. The van der Waals surface area contributed by atoms with Crippen LogP contribution in [0.4, 0.5) is 0 Å². The van der Waals surface area contributed by atoms with Gasteiger partial charge in [-0.3, -0.25) is 33.7 Å². The van der Waals surface area contributed by atoms with Crippen molar-refractivity contribution in [2.45, 2.75) is 202 Å². The van der Waals surface area contributed by atoms with Crippen LogP contribution in [0.3, 0.4) is 0 Å². The van der Waals surface area contributed by atoms with E-state index in [1.165, 1.54) is 0 Å². The van der Waals surface area contributed by atoms with Gasteiger partial charge in [0.1, 0.15) is 0 Å². The van der Waals surface area contributed by atoms with Gasteiger partial charge in [-0.1, -0.05) is 73.6 Å². The number of nitrogens with one attached hydrogen (secondary N) is 1. The molecule has 2 spiro atoms. The van der Waals surface area contributed by atoms with Gasteiger partial charge in [-0.2, -0.15) is 0 Å². The number of likely N-dealkylation sites (tertiary alicyclic amines) is 2. The van der Waals surface area contributed by atoms with E-state index in [2.05, 4.69) is 37.9 Å². The standard InChI is InChI=1S/C47H75N3O6/c1-10-16-33(40(54)38(53)25-31-19-20-31)26-36(51)35-28-47(44(7,8)46(47)22-14-23-46)29-49(35)41(55)34(43(4,5)6)27-37(52)39(32-17-12-11-13-18-32)48-42(56)45(9)21-15-24-50(45)30(2)3/h30-35,39H,10-29H2,1-9H3,(H,48,56)/t33?,34-,35+,39+,45+,47-/m1/s1. The zero-order valence-corrected chi connectivity index (χ0v) is 36.5. The van der Waals surface area contributed by atoms with E-state index in [-0.39, 0.29) is 76.6 Å². The second kappa shape index (κ2) is 16.0. The average Bonchev–Trinajstić information content (AvgIpc) is 3.85. The number of amides is 2. The van der Waals surface area contributed by atoms with Gasteiger partial charge in [-0.05, 0) is 120 Å². The summed E-state index contributed by atoms with van der Waals surface area (Å²) in [7, 11) is 0. The van der Waals surface area contributed by atoms with Crippen LogP contribution < -0.4 is 5.32 Å². The quantitative estimate of drug-likeness (QED) is 0.149. The minimum Gasteiger partial charge on any atom is -0.344 e. The van der Waals surface area contributed by atoms with Crippen molar-refractivity contribution in [3.8, 4) is 0 Å². The van der Waals surface area contributed by atoms with Crippen molar-refractivity contribution in [3.05, 3.63) is 0 Å². The highest BCUT2D eigenvalue weighted by Gasteiger charge is 2.85. The molecule has 6 aliphatic rings. The van der Waals surface area contributed by atoms with Gasteiger partial charge in [0, 0.05) is 49.1 Å². The summed E-state index contributed by atoms with van der Waals surface area (Å²) in [5.74, 6) is -2.26. The van der Waals surface area contributed by atoms with Crippen LogP contribution in [-0.2, 0) is 28.8 Å². The van der Waals surface area contributed by atoms with Crippen molar-refractivity contribution in [2.75, 3.05) is 13.1 Å². The number of nitrogens with zero attached hydrogens (tertiary/aromatic N) is 2. The summed E-state index contributed by atoms with van der Waals surface area (Å²) in [5, 5.41) is 3.31. The molecular weight excluding hydrogens is 703 g/mol. The monoisotopic (exact) mass is 778 g/mol. The molecule has 314 valence electrons. The van der Waals surface area contributed by atoms with E-state index in [1.54, 1.807) is 0 Å². The molecule has 0 bridgehead atoms. The summed E-state index contributed by atoms with van der Waals surface area (Å²) in [6, 6.07) is -1.15. The zero-order chi connectivity index (χ0) is 41.0.